The number of anilines is 2. The number of nitrogen functional groups attached to an aromatic ring is 1. The lowest BCUT2D eigenvalue weighted by Gasteiger charge is -2.42. The molecular weight excluding hydrogens is 448 g/mol. The van der Waals surface area contributed by atoms with E-state index in [1.165, 1.54) is 40.4 Å². The van der Waals surface area contributed by atoms with E-state index in [9.17, 15) is 9.59 Å². The minimum absolute atomic E-state index is 0.0200. The summed E-state index contributed by atoms with van der Waals surface area (Å²) in [6, 6.07) is 11.8. The number of benzene rings is 1. The third-order valence-electron chi connectivity index (χ3n) is 7.15. The monoisotopic (exact) mass is 476 g/mol. The number of Topliss-reactive ketones (excluding diaryl/α,β-unsaturated/α-hetero) is 1. The van der Waals surface area contributed by atoms with Gasteiger partial charge in [0.1, 0.15) is 10.7 Å². The SMILES string of the molecule is CC(=O)c1nc(Sc2ccn(C)c(=O)c2)c(N)nc1N1CCC2(CC1)Cc1ccccc1[C@H]2N. The first-order valence-electron chi connectivity index (χ1n) is 11.4. The lowest BCUT2D eigenvalue weighted by Crippen LogP contribution is -2.45. The van der Waals surface area contributed by atoms with Gasteiger partial charge in [0.15, 0.2) is 17.4 Å². The Morgan fingerprint density at radius 3 is 2.59 bits per heavy atom. The number of piperidine rings is 1. The number of hydrogen-bond donors (Lipinski definition) is 2. The molecule has 0 amide bonds. The van der Waals surface area contributed by atoms with Gasteiger partial charge in [-0.1, -0.05) is 36.0 Å². The van der Waals surface area contributed by atoms with Crippen LogP contribution in [0.1, 0.15) is 47.4 Å². The highest BCUT2D eigenvalue weighted by Crippen LogP contribution is 2.51. The Morgan fingerprint density at radius 2 is 1.91 bits per heavy atom. The molecule has 176 valence electrons. The van der Waals surface area contributed by atoms with Crippen molar-refractivity contribution in [2.45, 2.75) is 42.1 Å². The van der Waals surface area contributed by atoms with E-state index in [2.05, 4.69) is 39.1 Å². The lowest BCUT2D eigenvalue weighted by atomic mass is 9.73. The maximum Gasteiger partial charge on any atom is 0.251 e. The molecular formula is C25H28N6O2S. The van der Waals surface area contributed by atoms with Crippen LogP contribution < -0.4 is 21.9 Å². The van der Waals surface area contributed by atoms with E-state index >= 15 is 0 Å². The molecule has 1 fully saturated rings. The van der Waals surface area contributed by atoms with Crippen LogP contribution >= 0.6 is 11.8 Å². The number of nitrogens with two attached hydrogens (primary N) is 2. The van der Waals surface area contributed by atoms with Crippen LogP contribution in [0.2, 0.25) is 0 Å². The summed E-state index contributed by atoms with van der Waals surface area (Å²) in [6.07, 6.45) is 4.49. The standard InChI is InChI=1S/C25H28N6O2S/c1-15(32)20-23(29-22(27)24(28-20)34-17-7-10-30(2)19(33)13-17)31-11-8-25(9-12-31)14-16-5-3-4-6-18(16)21(25)26/h3-7,10,13,21H,8-9,11-12,14,26H2,1-2H3,(H2,27,29)/t21-/m1/s1. The summed E-state index contributed by atoms with van der Waals surface area (Å²) >= 11 is 1.23. The number of rotatable bonds is 4. The van der Waals surface area contributed by atoms with Crippen molar-refractivity contribution in [3.63, 3.8) is 0 Å². The van der Waals surface area contributed by atoms with E-state index in [1.54, 1.807) is 13.2 Å². The molecule has 1 aliphatic heterocycles. The maximum atomic E-state index is 12.5. The summed E-state index contributed by atoms with van der Waals surface area (Å²) in [7, 11) is 1.69. The highest BCUT2D eigenvalue weighted by atomic mass is 32.2. The molecule has 3 aromatic rings. The summed E-state index contributed by atoms with van der Waals surface area (Å²) in [5.74, 6) is 0.604. The molecule has 5 rings (SSSR count). The van der Waals surface area contributed by atoms with Gasteiger partial charge in [-0.25, -0.2) is 9.97 Å². The summed E-state index contributed by atoms with van der Waals surface area (Å²) in [6.45, 7) is 2.96. The van der Waals surface area contributed by atoms with Crippen molar-refractivity contribution < 1.29 is 4.79 Å². The molecule has 8 nitrogen and oxygen atoms in total. The van der Waals surface area contributed by atoms with E-state index in [-0.39, 0.29) is 28.6 Å². The highest BCUT2D eigenvalue weighted by molar-refractivity contribution is 7.99. The van der Waals surface area contributed by atoms with E-state index < -0.39 is 0 Å². The number of nitrogens with zero attached hydrogens (tertiary/aromatic N) is 4. The summed E-state index contributed by atoms with van der Waals surface area (Å²) < 4.78 is 1.49. The van der Waals surface area contributed by atoms with Crippen LogP contribution in [0.4, 0.5) is 11.6 Å². The molecule has 9 heteroatoms. The fourth-order valence-corrected chi connectivity index (χ4v) is 5.93. The van der Waals surface area contributed by atoms with Crippen LogP contribution in [0.3, 0.4) is 0 Å². The van der Waals surface area contributed by atoms with Crippen LogP contribution in [0.15, 0.2) is 57.3 Å². The van der Waals surface area contributed by atoms with Crippen molar-refractivity contribution in [1.82, 2.24) is 14.5 Å². The van der Waals surface area contributed by atoms with Gasteiger partial charge in [-0.15, -0.1) is 0 Å². The molecule has 4 N–H and O–H groups in total. The molecule has 0 radical (unpaired) electrons. The van der Waals surface area contributed by atoms with Gasteiger partial charge in [0, 0.05) is 50.3 Å². The first-order valence-corrected chi connectivity index (χ1v) is 12.2. The fourth-order valence-electron chi connectivity index (χ4n) is 5.13. The predicted octanol–water partition coefficient (Wildman–Crippen LogP) is 2.95. The molecule has 1 aliphatic carbocycles. The van der Waals surface area contributed by atoms with Crippen LogP contribution in [-0.2, 0) is 13.5 Å². The summed E-state index contributed by atoms with van der Waals surface area (Å²) in [4.78, 5) is 36.5. The molecule has 0 bridgehead atoms. The average molecular weight is 477 g/mol. The van der Waals surface area contributed by atoms with E-state index in [4.69, 9.17) is 11.5 Å². The zero-order chi connectivity index (χ0) is 24.0. The fraction of sp³-hybridized carbons (Fsp3) is 0.360. The summed E-state index contributed by atoms with van der Waals surface area (Å²) in [5, 5.41) is 0.420. The molecule has 34 heavy (non-hydrogen) atoms. The van der Waals surface area contributed by atoms with Gasteiger partial charge in [-0.3, -0.25) is 9.59 Å². The van der Waals surface area contributed by atoms with Crippen LogP contribution in [0.25, 0.3) is 0 Å². The van der Waals surface area contributed by atoms with Crippen molar-refractivity contribution in [2.24, 2.45) is 18.2 Å². The number of ketones is 1. The minimum Gasteiger partial charge on any atom is -0.381 e. The number of carbonyl (C=O) groups excluding carboxylic acids is 1. The molecule has 1 spiro atoms. The first kappa shape index (κ1) is 22.6. The number of pyridine rings is 1. The third kappa shape index (κ3) is 3.88. The Kier molecular flexibility index (Phi) is 5.69. The van der Waals surface area contributed by atoms with Gasteiger partial charge in [0.05, 0.1) is 0 Å². The number of carbonyl (C=O) groups is 1. The van der Waals surface area contributed by atoms with E-state index in [0.29, 0.717) is 21.4 Å². The molecule has 1 atom stereocenters. The Bertz CT molecular complexity index is 1330. The number of hydrogen-bond acceptors (Lipinski definition) is 8. The second-order valence-electron chi connectivity index (χ2n) is 9.26. The van der Waals surface area contributed by atoms with Gasteiger partial charge >= 0.3 is 0 Å². The van der Waals surface area contributed by atoms with Crippen LogP contribution in [0.5, 0.6) is 0 Å². The van der Waals surface area contributed by atoms with Crippen LogP contribution in [-0.4, -0.2) is 33.4 Å². The Hall–Kier alpha value is -3.17. The average Bonchev–Trinajstić information content (AvgIpc) is 3.09. The Balaban J connectivity index is 1.39. The second kappa shape index (κ2) is 8.56. The zero-order valence-electron chi connectivity index (χ0n) is 19.3. The zero-order valence-corrected chi connectivity index (χ0v) is 20.1. The largest absolute Gasteiger partial charge is 0.381 e. The van der Waals surface area contributed by atoms with Gasteiger partial charge in [0.2, 0.25) is 0 Å². The highest BCUT2D eigenvalue weighted by Gasteiger charge is 2.46. The number of aromatic nitrogens is 3. The van der Waals surface area contributed by atoms with Crippen molar-refractivity contribution in [3.05, 3.63) is 69.8 Å². The van der Waals surface area contributed by atoms with Crippen molar-refractivity contribution >= 4 is 29.2 Å². The van der Waals surface area contributed by atoms with Gasteiger partial charge in [-0.2, -0.15) is 0 Å². The maximum absolute atomic E-state index is 12.5. The van der Waals surface area contributed by atoms with E-state index in [1.807, 2.05) is 6.07 Å². The van der Waals surface area contributed by atoms with E-state index in [0.717, 1.165) is 32.4 Å². The smallest absolute Gasteiger partial charge is 0.251 e. The normalized spacial score (nSPS) is 18.8. The molecule has 2 aliphatic rings. The van der Waals surface area contributed by atoms with Gasteiger partial charge < -0.3 is 20.9 Å². The molecule has 0 saturated carbocycles. The molecule has 2 aromatic heterocycles. The minimum atomic E-state index is -0.168. The molecule has 1 saturated heterocycles. The third-order valence-corrected chi connectivity index (χ3v) is 8.13. The van der Waals surface area contributed by atoms with Gasteiger partial charge in [0.25, 0.3) is 5.56 Å². The number of fused-ring (bicyclic) bond motifs is 1. The number of aryl methyl sites for hydroxylation is 1. The first-order chi connectivity index (χ1) is 16.3. The van der Waals surface area contributed by atoms with Gasteiger partial charge in [-0.05, 0) is 41.9 Å². The summed E-state index contributed by atoms with van der Waals surface area (Å²) in [5.41, 5.74) is 15.8. The Morgan fingerprint density at radius 1 is 1.18 bits per heavy atom. The van der Waals surface area contributed by atoms with Crippen molar-refractivity contribution in [3.8, 4) is 0 Å². The Labute approximate surface area is 202 Å². The molecule has 3 heterocycles. The second-order valence-corrected chi connectivity index (χ2v) is 10.3. The predicted molar refractivity (Wildman–Crippen MR) is 133 cm³/mol. The van der Waals surface area contributed by atoms with Crippen molar-refractivity contribution in [2.75, 3.05) is 23.7 Å². The molecule has 0 unspecified atom stereocenters. The molecule has 1 aromatic carbocycles. The quantitative estimate of drug-likeness (QED) is 0.552. The van der Waals surface area contributed by atoms with Crippen molar-refractivity contribution in [1.29, 1.82) is 0 Å². The van der Waals surface area contributed by atoms with Crippen LogP contribution in [0, 0.1) is 5.41 Å². The topological polar surface area (TPSA) is 120 Å². The lowest BCUT2D eigenvalue weighted by molar-refractivity contribution is 0.101.